The molecular weight excluding hydrogens is 338 g/mol. The lowest BCUT2D eigenvalue weighted by Crippen LogP contribution is -2.46. The van der Waals surface area contributed by atoms with E-state index >= 15 is 0 Å². The highest BCUT2D eigenvalue weighted by atomic mass is 16.2. The van der Waals surface area contributed by atoms with Crippen LogP contribution in [0.1, 0.15) is 61.4 Å². The number of aliphatic imine (C=N–C) groups is 1. The van der Waals surface area contributed by atoms with Crippen molar-refractivity contribution in [2.45, 2.75) is 51.5 Å². The summed E-state index contributed by atoms with van der Waals surface area (Å²) in [6, 6.07) is 12.6. The molecule has 0 fully saturated rings. The molecule has 0 spiro atoms. The first-order valence-electron chi connectivity index (χ1n) is 9.55. The molecule has 2 atom stereocenters. The fourth-order valence-corrected chi connectivity index (χ4v) is 3.30. The van der Waals surface area contributed by atoms with Crippen molar-refractivity contribution in [3.63, 3.8) is 0 Å². The summed E-state index contributed by atoms with van der Waals surface area (Å²) in [5.41, 5.74) is 1.24. The molecule has 5 heteroatoms. The van der Waals surface area contributed by atoms with Crippen molar-refractivity contribution in [1.82, 2.24) is 4.98 Å². The van der Waals surface area contributed by atoms with Crippen molar-refractivity contribution in [2.75, 3.05) is 4.90 Å². The number of benzene rings is 1. The number of hydrogen-bond donors (Lipinski definition) is 0. The number of amides is 2. The van der Waals surface area contributed by atoms with Gasteiger partial charge in [-0.25, -0.2) is 9.88 Å². The largest absolute Gasteiger partial charge is 0.293 e. The molecule has 5 nitrogen and oxygen atoms in total. The number of hydrogen-bond acceptors (Lipinski definition) is 4. The third kappa shape index (κ3) is 4.13. The molecule has 27 heavy (non-hydrogen) atoms. The first-order valence-corrected chi connectivity index (χ1v) is 9.55. The van der Waals surface area contributed by atoms with Gasteiger partial charge in [-0.2, -0.15) is 0 Å². The van der Waals surface area contributed by atoms with Crippen molar-refractivity contribution < 1.29 is 9.59 Å². The Morgan fingerprint density at radius 1 is 1.15 bits per heavy atom. The highest BCUT2D eigenvalue weighted by Gasteiger charge is 2.39. The van der Waals surface area contributed by atoms with E-state index in [9.17, 15) is 9.59 Å². The van der Waals surface area contributed by atoms with E-state index in [1.807, 2.05) is 18.2 Å². The van der Waals surface area contributed by atoms with Crippen LogP contribution in [0.15, 0.2) is 53.7 Å². The van der Waals surface area contributed by atoms with Crippen LogP contribution in [-0.2, 0) is 4.79 Å². The lowest BCUT2D eigenvalue weighted by atomic mass is 9.89. The van der Waals surface area contributed by atoms with Crippen LogP contribution in [0.3, 0.4) is 0 Å². The smallest absolute Gasteiger partial charge is 0.266 e. The lowest BCUT2D eigenvalue weighted by molar-refractivity contribution is -0.118. The maximum atomic E-state index is 13.1. The number of aromatic nitrogens is 1. The molecule has 1 unspecified atom stereocenters. The molecule has 3 rings (SSSR count). The third-order valence-electron chi connectivity index (χ3n) is 4.81. The summed E-state index contributed by atoms with van der Waals surface area (Å²) < 4.78 is 0. The molecule has 140 valence electrons. The molecule has 2 aromatic rings. The van der Waals surface area contributed by atoms with E-state index in [2.05, 4.69) is 23.8 Å². The van der Waals surface area contributed by atoms with Crippen molar-refractivity contribution >= 4 is 23.8 Å². The van der Waals surface area contributed by atoms with E-state index in [-0.39, 0.29) is 17.9 Å². The monoisotopic (exact) mass is 363 g/mol. The fraction of sp³-hybridized carbons (Fsp3) is 0.364. The Labute approximate surface area is 160 Å². The minimum atomic E-state index is -0.575. The topological polar surface area (TPSA) is 62.6 Å². The minimum absolute atomic E-state index is 0.150. The van der Waals surface area contributed by atoms with Gasteiger partial charge in [-0.15, -0.1) is 0 Å². The summed E-state index contributed by atoms with van der Waals surface area (Å²) in [6.07, 6.45) is 7.77. The van der Waals surface area contributed by atoms with E-state index in [4.69, 9.17) is 0 Å². The van der Waals surface area contributed by atoms with Crippen molar-refractivity contribution in [3.05, 3.63) is 59.8 Å². The maximum absolute atomic E-state index is 13.1. The van der Waals surface area contributed by atoms with Crippen LogP contribution < -0.4 is 4.90 Å². The highest BCUT2D eigenvalue weighted by molar-refractivity contribution is 6.28. The second-order valence-electron chi connectivity index (χ2n) is 6.87. The number of fused-ring (bicyclic) bond motifs is 1. The SMILES string of the molecule is CCCCC[C@@H](C)N=CC1C(=O)N(c2ccccn2)C(=O)c2ccccc21. The molecule has 0 aliphatic carbocycles. The zero-order valence-corrected chi connectivity index (χ0v) is 15.8. The van der Waals surface area contributed by atoms with Crippen LogP contribution in [-0.4, -0.2) is 29.1 Å². The number of imide groups is 1. The van der Waals surface area contributed by atoms with Gasteiger partial charge in [0.05, 0.1) is 5.92 Å². The molecule has 0 bridgehead atoms. The molecule has 2 amide bonds. The normalized spacial score (nSPS) is 18.0. The van der Waals surface area contributed by atoms with Crippen LogP contribution in [0.2, 0.25) is 0 Å². The number of pyridine rings is 1. The summed E-state index contributed by atoms with van der Waals surface area (Å²) in [4.78, 5) is 36.0. The summed E-state index contributed by atoms with van der Waals surface area (Å²) in [5, 5.41) is 0. The van der Waals surface area contributed by atoms with Crippen LogP contribution in [0.4, 0.5) is 5.82 Å². The zero-order chi connectivity index (χ0) is 19.2. The van der Waals surface area contributed by atoms with Gasteiger partial charge in [-0.3, -0.25) is 14.6 Å². The number of rotatable bonds is 7. The van der Waals surface area contributed by atoms with Gasteiger partial charge < -0.3 is 0 Å². The van der Waals surface area contributed by atoms with Gasteiger partial charge in [0.15, 0.2) is 0 Å². The van der Waals surface area contributed by atoms with E-state index in [1.165, 1.54) is 17.7 Å². The molecule has 1 aliphatic rings. The van der Waals surface area contributed by atoms with Crippen molar-refractivity contribution in [2.24, 2.45) is 4.99 Å². The predicted octanol–water partition coefficient (Wildman–Crippen LogP) is 4.39. The summed E-state index contributed by atoms with van der Waals surface area (Å²) in [7, 11) is 0. The molecule has 1 aromatic heterocycles. The Morgan fingerprint density at radius 2 is 1.93 bits per heavy atom. The first-order chi connectivity index (χ1) is 13.1. The quantitative estimate of drug-likeness (QED) is 0.416. The Morgan fingerprint density at radius 3 is 2.67 bits per heavy atom. The van der Waals surface area contributed by atoms with Gasteiger partial charge in [-0.1, -0.05) is 50.5 Å². The second kappa shape index (κ2) is 8.71. The molecule has 0 saturated carbocycles. The van der Waals surface area contributed by atoms with Crippen molar-refractivity contribution in [1.29, 1.82) is 0 Å². The standard InChI is InChI=1S/C22H25N3O2/c1-3-4-5-10-16(2)24-15-19-17-11-6-7-12-18(17)21(26)25(22(19)27)20-13-8-9-14-23-20/h6-9,11-16,19H,3-5,10H2,1-2H3/t16-,19?/m1/s1. The molecule has 2 heterocycles. The summed E-state index contributed by atoms with van der Waals surface area (Å²) in [6.45, 7) is 4.24. The van der Waals surface area contributed by atoms with Gasteiger partial charge in [0.2, 0.25) is 5.91 Å². The van der Waals surface area contributed by atoms with Gasteiger partial charge in [0.1, 0.15) is 5.82 Å². The molecule has 1 aliphatic heterocycles. The van der Waals surface area contributed by atoms with E-state index in [0.29, 0.717) is 16.9 Å². The minimum Gasteiger partial charge on any atom is -0.293 e. The van der Waals surface area contributed by atoms with Gasteiger partial charge >= 0.3 is 0 Å². The van der Waals surface area contributed by atoms with E-state index in [0.717, 1.165) is 12.8 Å². The Kier molecular flexibility index (Phi) is 6.12. The average Bonchev–Trinajstić information content (AvgIpc) is 2.69. The number of nitrogens with zero attached hydrogens (tertiary/aromatic N) is 3. The fourth-order valence-electron chi connectivity index (χ4n) is 3.30. The number of unbranched alkanes of at least 4 members (excludes halogenated alkanes) is 2. The van der Waals surface area contributed by atoms with Crippen LogP contribution in [0, 0.1) is 0 Å². The van der Waals surface area contributed by atoms with E-state index in [1.54, 1.807) is 36.7 Å². The first kappa shape index (κ1) is 19.0. The van der Waals surface area contributed by atoms with Crippen LogP contribution in [0.5, 0.6) is 0 Å². The highest BCUT2D eigenvalue weighted by Crippen LogP contribution is 2.31. The number of carbonyl (C=O) groups is 2. The molecule has 1 aromatic carbocycles. The maximum Gasteiger partial charge on any atom is 0.266 e. The van der Waals surface area contributed by atoms with E-state index < -0.39 is 5.92 Å². The summed E-state index contributed by atoms with van der Waals surface area (Å²) >= 11 is 0. The lowest BCUT2D eigenvalue weighted by Gasteiger charge is -2.30. The van der Waals surface area contributed by atoms with Gasteiger partial charge in [0, 0.05) is 24.0 Å². The number of carbonyl (C=O) groups excluding carboxylic acids is 2. The van der Waals surface area contributed by atoms with Crippen molar-refractivity contribution in [3.8, 4) is 0 Å². The van der Waals surface area contributed by atoms with Gasteiger partial charge in [-0.05, 0) is 37.1 Å². The molecular formula is C22H25N3O2. The number of anilines is 1. The van der Waals surface area contributed by atoms with Crippen LogP contribution >= 0.6 is 0 Å². The Hall–Kier alpha value is -2.82. The molecule has 0 saturated heterocycles. The van der Waals surface area contributed by atoms with Gasteiger partial charge in [0.25, 0.3) is 5.91 Å². The summed E-state index contributed by atoms with van der Waals surface area (Å²) in [5.74, 6) is -0.872. The molecule has 0 radical (unpaired) electrons. The second-order valence-corrected chi connectivity index (χ2v) is 6.87. The Balaban J connectivity index is 1.91. The predicted molar refractivity (Wildman–Crippen MR) is 107 cm³/mol. The Bertz CT molecular complexity index is 832. The van der Waals surface area contributed by atoms with Crippen LogP contribution in [0.25, 0.3) is 0 Å². The average molecular weight is 363 g/mol. The molecule has 0 N–H and O–H groups in total. The third-order valence-corrected chi connectivity index (χ3v) is 4.81. The zero-order valence-electron chi connectivity index (χ0n) is 15.8.